The van der Waals surface area contributed by atoms with E-state index in [0.717, 1.165) is 18.7 Å². The van der Waals surface area contributed by atoms with E-state index in [1.165, 1.54) is 0 Å². The molecule has 1 fully saturated rings. The normalized spacial score (nSPS) is 20.5. The minimum absolute atomic E-state index is 0. The lowest BCUT2D eigenvalue weighted by Crippen LogP contribution is -2.51. The van der Waals surface area contributed by atoms with E-state index in [4.69, 9.17) is 4.74 Å². The van der Waals surface area contributed by atoms with E-state index in [1.54, 1.807) is 20.2 Å². The van der Waals surface area contributed by atoms with Gasteiger partial charge in [0.1, 0.15) is 6.10 Å². The molecule has 106 valence electrons. The smallest absolute Gasteiger partial charge is 0.251 e. The van der Waals surface area contributed by atoms with Crippen LogP contribution in [0, 0.1) is 0 Å². The Kier molecular flexibility index (Phi) is 6.21. The first-order valence-corrected chi connectivity index (χ1v) is 6.18. The number of rotatable bonds is 3. The Labute approximate surface area is 119 Å². The lowest BCUT2D eigenvalue weighted by molar-refractivity contribution is -0.144. The van der Waals surface area contributed by atoms with Gasteiger partial charge in [-0.15, -0.1) is 12.4 Å². The van der Waals surface area contributed by atoms with Crippen molar-refractivity contribution in [2.45, 2.75) is 19.1 Å². The van der Waals surface area contributed by atoms with Crippen LogP contribution in [0.1, 0.15) is 18.5 Å². The van der Waals surface area contributed by atoms with Crippen molar-refractivity contribution in [3.63, 3.8) is 0 Å². The molecule has 0 radical (unpaired) electrons. The van der Waals surface area contributed by atoms with Crippen LogP contribution in [0.5, 0.6) is 0 Å². The number of nitrogens with one attached hydrogen (secondary N) is 1. The number of hydrogen-bond donors (Lipinski definition) is 1. The lowest BCUT2D eigenvalue weighted by atomic mass is 10.0. The summed E-state index contributed by atoms with van der Waals surface area (Å²) < 4.78 is 5.12. The number of amides is 1. The summed E-state index contributed by atoms with van der Waals surface area (Å²) >= 11 is 0. The molecular formula is C13H20ClN3O2. The molecule has 5 nitrogen and oxygen atoms in total. The van der Waals surface area contributed by atoms with Crippen LogP contribution in [-0.2, 0) is 9.53 Å². The second-order valence-corrected chi connectivity index (χ2v) is 4.42. The molecule has 0 aromatic carbocycles. The Morgan fingerprint density at radius 3 is 3.05 bits per heavy atom. The number of carbonyl (C=O) groups excluding carboxylic acids is 1. The van der Waals surface area contributed by atoms with Crippen LogP contribution >= 0.6 is 12.4 Å². The van der Waals surface area contributed by atoms with Gasteiger partial charge in [-0.3, -0.25) is 9.78 Å². The van der Waals surface area contributed by atoms with Crippen molar-refractivity contribution < 1.29 is 9.53 Å². The summed E-state index contributed by atoms with van der Waals surface area (Å²) in [5.41, 5.74) is 1.06. The van der Waals surface area contributed by atoms with Gasteiger partial charge in [0, 0.05) is 39.1 Å². The number of nitrogens with zero attached hydrogens (tertiary/aromatic N) is 2. The van der Waals surface area contributed by atoms with Crippen LogP contribution in [0.4, 0.5) is 0 Å². The molecule has 1 aromatic rings. The molecule has 1 aliphatic rings. The van der Waals surface area contributed by atoms with Gasteiger partial charge in [0.05, 0.1) is 6.04 Å². The van der Waals surface area contributed by atoms with E-state index in [9.17, 15) is 4.79 Å². The van der Waals surface area contributed by atoms with Gasteiger partial charge in [0.2, 0.25) is 0 Å². The van der Waals surface area contributed by atoms with Crippen LogP contribution in [0.25, 0.3) is 0 Å². The second kappa shape index (κ2) is 7.43. The summed E-state index contributed by atoms with van der Waals surface area (Å²) in [7, 11) is 1.56. The van der Waals surface area contributed by atoms with Crippen molar-refractivity contribution in [2.75, 3.05) is 26.7 Å². The van der Waals surface area contributed by atoms with Gasteiger partial charge in [0.25, 0.3) is 5.91 Å². The molecule has 1 aromatic heterocycles. The molecule has 1 saturated heterocycles. The van der Waals surface area contributed by atoms with Gasteiger partial charge < -0.3 is 15.0 Å². The molecule has 2 atom stereocenters. The average Bonchev–Trinajstić information content (AvgIpc) is 2.46. The Balaban J connectivity index is 0.00000180. The number of piperazine rings is 1. The SMILES string of the molecule is COC(C)C(=O)N1CCNCC1c1cccnc1.Cl. The second-order valence-electron chi connectivity index (χ2n) is 4.42. The average molecular weight is 286 g/mol. The third-order valence-corrected chi connectivity index (χ3v) is 3.30. The first-order chi connectivity index (χ1) is 8.74. The fraction of sp³-hybridized carbons (Fsp3) is 0.538. The monoisotopic (exact) mass is 285 g/mol. The Hall–Kier alpha value is -1.17. The fourth-order valence-electron chi connectivity index (χ4n) is 2.17. The molecule has 0 bridgehead atoms. The van der Waals surface area contributed by atoms with Crippen LogP contribution < -0.4 is 5.32 Å². The summed E-state index contributed by atoms with van der Waals surface area (Å²) in [5, 5.41) is 3.31. The maximum atomic E-state index is 12.3. The first-order valence-electron chi connectivity index (χ1n) is 6.18. The predicted molar refractivity (Wildman–Crippen MR) is 75.3 cm³/mol. The van der Waals surface area contributed by atoms with Crippen LogP contribution in [0.3, 0.4) is 0 Å². The van der Waals surface area contributed by atoms with Gasteiger partial charge in [-0.25, -0.2) is 0 Å². The molecule has 1 amide bonds. The van der Waals surface area contributed by atoms with Crippen molar-refractivity contribution >= 4 is 18.3 Å². The number of halogens is 1. The predicted octanol–water partition coefficient (Wildman–Crippen LogP) is 1.01. The standard InChI is InChI=1S/C13H19N3O2.ClH/c1-10(18-2)13(17)16-7-6-15-9-12(16)11-4-3-5-14-8-11;/h3-5,8,10,12,15H,6-7,9H2,1-2H3;1H. The van der Waals surface area contributed by atoms with E-state index in [1.807, 2.05) is 23.2 Å². The van der Waals surface area contributed by atoms with E-state index in [2.05, 4.69) is 10.3 Å². The summed E-state index contributed by atoms with van der Waals surface area (Å²) in [6.45, 7) is 4.06. The van der Waals surface area contributed by atoms with Gasteiger partial charge in [-0.1, -0.05) is 6.07 Å². The third-order valence-electron chi connectivity index (χ3n) is 3.30. The molecule has 2 unspecified atom stereocenters. The molecule has 0 aliphatic carbocycles. The zero-order valence-corrected chi connectivity index (χ0v) is 12.0. The van der Waals surface area contributed by atoms with Gasteiger partial charge in [-0.05, 0) is 18.6 Å². The highest BCUT2D eigenvalue weighted by atomic mass is 35.5. The molecule has 6 heteroatoms. The van der Waals surface area contributed by atoms with E-state index in [0.29, 0.717) is 6.54 Å². The van der Waals surface area contributed by atoms with Crippen LogP contribution in [0.15, 0.2) is 24.5 Å². The lowest BCUT2D eigenvalue weighted by Gasteiger charge is -2.37. The van der Waals surface area contributed by atoms with Crippen molar-refractivity contribution in [1.82, 2.24) is 15.2 Å². The molecule has 0 saturated carbocycles. The number of carbonyl (C=O) groups is 1. The summed E-state index contributed by atoms with van der Waals surface area (Å²) in [6.07, 6.45) is 3.15. The maximum absolute atomic E-state index is 12.3. The van der Waals surface area contributed by atoms with Gasteiger partial charge in [-0.2, -0.15) is 0 Å². The highest BCUT2D eigenvalue weighted by Gasteiger charge is 2.30. The van der Waals surface area contributed by atoms with Crippen LogP contribution in [0.2, 0.25) is 0 Å². The van der Waals surface area contributed by atoms with Crippen molar-refractivity contribution in [3.8, 4) is 0 Å². The van der Waals surface area contributed by atoms with Crippen LogP contribution in [-0.4, -0.2) is 48.6 Å². The number of ether oxygens (including phenoxy) is 1. The van der Waals surface area contributed by atoms with E-state index < -0.39 is 6.10 Å². The molecule has 2 rings (SSSR count). The quantitative estimate of drug-likeness (QED) is 0.901. The van der Waals surface area contributed by atoms with Crippen molar-refractivity contribution in [1.29, 1.82) is 0 Å². The zero-order valence-electron chi connectivity index (χ0n) is 11.2. The molecule has 1 N–H and O–H groups in total. The van der Waals surface area contributed by atoms with Gasteiger partial charge >= 0.3 is 0 Å². The third kappa shape index (κ3) is 3.65. The molecule has 19 heavy (non-hydrogen) atoms. The van der Waals surface area contributed by atoms with E-state index in [-0.39, 0.29) is 24.4 Å². The largest absolute Gasteiger partial charge is 0.372 e. The molecular weight excluding hydrogens is 266 g/mol. The molecule has 1 aliphatic heterocycles. The highest BCUT2D eigenvalue weighted by molar-refractivity contribution is 5.85. The topological polar surface area (TPSA) is 54.5 Å². The minimum Gasteiger partial charge on any atom is -0.372 e. The Morgan fingerprint density at radius 2 is 2.42 bits per heavy atom. The number of methoxy groups -OCH3 is 1. The molecule has 2 heterocycles. The zero-order chi connectivity index (χ0) is 13.0. The number of pyridine rings is 1. The Morgan fingerprint density at radius 1 is 1.63 bits per heavy atom. The van der Waals surface area contributed by atoms with E-state index >= 15 is 0 Å². The molecule has 0 spiro atoms. The fourth-order valence-corrected chi connectivity index (χ4v) is 2.17. The Bertz CT molecular complexity index is 402. The highest BCUT2D eigenvalue weighted by Crippen LogP contribution is 2.22. The maximum Gasteiger partial charge on any atom is 0.251 e. The number of hydrogen-bond acceptors (Lipinski definition) is 4. The summed E-state index contributed by atoms with van der Waals surface area (Å²) in [6, 6.07) is 3.94. The van der Waals surface area contributed by atoms with Crippen molar-refractivity contribution in [3.05, 3.63) is 30.1 Å². The minimum atomic E-state index is -0.401. The first kappa shape index (κ1) is 15.9. The summed E-state index contributed by atoms with van der Waals surface area (Å²) in [4.78, 5) is 18.3. The van der Waals surface area contributed by atoms with Gasteiger partial charge in [0.15, 0.2) is 0 Å². The van der Waals surface area contributed by atoms with Crippen molar-refractivity contribution in [2.24, 2.45) is 0 Å². The summed E-state index contributed by atoms with van der Waals surface area (Å²) in [5.74, 6) is 0.0350. The number of aromatic nitrogens is 1.